The minimum absolute atomic E-state index is 0.176. The highest BCUT2D eigenvalue weighted by atomic mass is 16.4. The molecule has 1 aromatic rings. The fourth-order valence-corrected chi connectivity index (χ4v) is 2.50. The van der Waals surface area contributed by atoms with Gasteiger partial charge in [-0.2, -0.15) is 4.98 Å². The number of hydrogen-bond acceptors (Lipinski definition) is 3. The van der Waals surface area contributed by atoms with Gasteiger partial charge >= 0.3 is 11.7 Å². The lowest BCUT2D eigenvalue weighted by Gasteiger charge is -2.20. The zero-order chi connectivity index (χ0) is 14.4. The Morgan fingerprint density at radius 3 is 2.53 bits per heavy atom. The average molecular weight is 264 g/mol. The lowest BCUT2D eigenvalue weighted by Crippen LogP contribution is -2.31. The van der Waals surface area contributed by atoms with Crippen molar-refractivity contribution in [2.45, 2.75) is 53.0 Å². The summed E-state index contributed by atoms with van der Waals surface area (Å²) in [7, 11) is 0. The summed E-state index contributed by atoms with van der Waals surface area (Å²) in [6, 6.07) is 0. The number of rotatable bonds is 4. The van der Waals surface area contributed by atoms with Crippen LogP contribution in [-0.4, -0.2) is 20.6 Å². The summed E-state index contributed by atoms with van der Waals surface area (Å²) in [4.78, 5) is 27.2. The van der Waals surface area contributed by atoms with Gasteiger partial charge in [-0.25, -0.2) is 4.79 Å². The molecule has 1 heterocycles. The van der Waals surface area contributed by atoms with Crippen LogP contribution in [0, 0.1) is 19.3 Å². The van der Waals surface area contributed by atoms with Crippen LogP contribution in [0.15, 0.2) is 4.79 Å². The number of aromatic nitrogens is 2. The molecule has 1 aliphatic rings. The van der Waals surface area contributed by atoms with Crippen molar-refractivity contribution in [3.8, 4) is 0 Å². The van der Waals surface area contributed by atoms with E-state index in [1.165, 1.54) is 0 Å². The van der Waals surface area contributed by atoms with E-state index >= 15 is 0 Å². The summed E-state index contributed by atoms with van der Waals surface area (Å²) >= 11 is 0. The Morgan fingerprint density at radius 1 is 1.47 bits per heavy atom. The molecule has 1 unspecified atom stereocenters. The number of carboxylic acid groups (broad SMARTS) is 1. The lowest BCUT2D eigenvalue weighted by atomic mass is 9.97. The van der Waals surface area contributed by atoms with Gasteiger partial charge < -0.3 is 5.11 Å². The van der Waals surface area contributed by atoms with Crippen molar-refractivity contribution in [1.82, 2.24) is 9.55 Å². The first-order chi connectivity index (χ1) is 8.75. The molecule has 19 heavy (non-hydrogen) atoms. The van der Waals surface area contributed by atoms with Gasteiger partial charge in [0, 0.05) is 23.5 Å². The molecule has 0 spiro atoms. The molecule has 0 saturated heterocycles. The molecule has 2 rings (SSSR count). The molecular weight excluding hydrogens is 244 g/mol. The largest absolute Gasteiger partial charge is 0.481 e. The Morgan fingerprint density at radius 2 is 2.05 bits per heavy atom. The number of hydrogen-bond donors (Lipinski definition) is 1. The summed E-state index contributed by atoms with van der Waals surface area (Å²) in [5, 5.41) is 9.17. The van der Waals surface area contributed by atoms with Crippen LogP contribution in [0.4, 0.5) is 0 Å². The Kier molecular flexibility index (Phi) is 3.24. The van der Waals surface area contributed by atoms with Crippen LogP contribution in [0.5, 0.6) is 0 Å². The summed E-state index contributed by atoms with van der Waals surface area (Å²) in [5.41, 5.74) is 1.82. The number of carboxylic acids is 1. The van der Waals surface area contributed by atoms with Crippen LogP contribution in [0.1, 0.15) is 49.6 Å². The van der Waals surface area contributed by atoms with Crippen LogP contribution in [0.25, 0.3) is 0 Å². The molecule has 5 nitrogen and oxygen atoms in total. The van der Waals surface area contributed by atoms with E-state index in [9.17, 15) is 14.7 Å². The molecule has 0 aromatic carbocycles. The highest BCUT2D eigenvalue weighted by molar-refractivity contribution is 5.76. The van der Waals surface area contributed by atoms with Crippen molar-refractivity contribution in [1.29, 1.82) is 0 Å². The number of aliphatic carboxylic acids is 1. The normalized spacial score (nSPS) is 18.1. The maximum Gasteiger partial charge on any atom is 0.347 e. The summed E-state index contributed by atoms with van der Waals surface area (Å²) in [5.74, 6) is -1.54. The van der Waals surface area contributed by atoms with Crippen LogP contribution in [-0.2, 0) is 11.3 Å². The Hall–Kier alpha value is -1.65. The first-order valence-electron chi connectivity index (χ1n) is 6.56. The van der Waals surface area contributed by atoms with Crippen molar-refractivity contribution in [2.75, 3.05) is 0 Å². The van der Waals surface area contributed by atoms with Gasteiger partial charge in [0.2, 0.25) is 0 Å². The Bertz CT molecular complexity index is 585. The predicted molar refractivity (Wildman–Crippen MR) is 71.4 cm³/mol. The van der Waals surface area contributed by atoms with E-state index in [1.807, 2.05) is 6.92 Å². The van der Waals surface area contributed by atoms with E-state index in [0.29, 0.717) is 17.8 Å². The fourth-order valence-electron chi connectivity index (χ4n) is 2.50. The summed E-state index contributed by atoms with van der Waals surface area (Å²) in [6.45, 7) is 7.92. The number of carbonyl (C=O) groups is 1. The van der Waals surface area contributed by atoms with Crippen LogP contribution in [0.2, 0.25) is 0 Å². The molecule has 1 N–H and O–H groups in total. The van der Waals surface area contributed by atoms with E-state index < -0.39 is 11.9 Å². The van der Waals surface area contributed by atoms with Gasteiger partial charge in [0.1, 0.15) is 0 Å². The first-order valence-corrected chi connectivity index (χ1v) is 6.56. The highest BCUT2D eigenvalue weighted by Gasteiger charge is 2.38. The highest BCUT2D eigenvalue weighted by Crippen LogP contribution is 2.46. The standard InChI is InChI=1S/C14H20N2O3/c1-8(12(17)18)11-9(2)15-13(19)16(10(11)3)7-14(4)5-6-14/h8H,5-7H2,1-4H3,(H,17,18). The fraction of sp³-hybridized carbons (Fsp3) is 0.643. The van der Waals surface area contributed by atoms with Crippen molar-refractivity contribution < 1.29 is 9.90 Å². The molecule has 1 aliphatic carbocycles. The summed E-state index contributed by atoms with van der Waals surface area (Å²) < 4.78 is 1.63. The van der Waals surface area contributed by atoms with Gasteiger partial charge in [0.05, 0.1) is 5.92 Å². The van der Waals surface area contributed by atoms with Crippen molar-refractivity contribution >= 4 is 5.97 Å². The molecular formula is C14H20N2O3. The second kappa shape index (κ2) is 4.47. The van der Waals surface area contributed by atoms with Crippen molar-refractivity contribution in [3.05, 3.63) is 27.4 Å². The minimum Gasteiger partial charge on any atom is -0.481 e. The van der Waals surface area contributed by atoms with E-state index in [2.05, 4.69) is 11.9 Å². The molecule has 0 radical (unpaired) electrons. The van der Waals surface area contributed by atoms with Crippen molar-refractivity contribution in [2.24, 2.45) is 5.41 Å². The smallest absolute Gasteiger partial charge is 0.347 e. The average Bonchev–Trinajstić information content (AvgIpc) is 3.02. The third kappa shape index (κ3) is 2.55. The van der Waals surface area contributed by atoms with E-state index in [-0.39, 0.29) is 11.1 Å². The van der Waals surface area contributed by atoms with Gasteiger partial charge in [-0.05, 0) is 39.0 Å². The molecule has 0 amide bonds. The van der Waals surface area contributed by atoms with Gasteiger partial charge in [-0.15, -0.1) is 0 Å². The molecule has 1 aromatic heterocycles. The van der Waals surface area contributed by atoms with Crippen LogP contribution < -0.4 is 5.69 Å². The third-order valence-electron chi connectivity index (χ3n) is 4.13. The van der Waals surface area contributed by atoms with Gasteiger partial charge in [-0.3, -0.25) is 9.36 Å². The number of aryl methyl sites for hydroxylation is 1. The van der Waals surface area contributed by atoms with Gasteiger partial charge in [-0.1, -0.05) is 6.92 Å². The lowest BCUT2D eigenvalue weighted by molar-refractivity contribution is -0.138. The van der Waals surface area contributed by atoms with Crippen molar-refractivity contribution in [3.63, 3.8) is 0 Å². The zero-order valence-corrected chi connectivity index (χ0v) is 11.9. The molecule has 1 saturated carbocycles. The predicted octanol–water partition coefficient (Wildman–Crippen LogP) is 1.85. The minimum atomic E-state index is -0.893. The topological polar surface area (TPSA) is 72.2 Å². The molecule has 0 bridgehead atoms. The van der Waals surface area contributed by atoms with Crippen LogP contribution in [0.3, 0.4) is 0 Å². The molecule has 1 fully saturated rings. The molecule has 0 aliphatic heterocycles. The maximum absolute atomic E-state index is 12.0. The molecule has 1 atom stereocenters. The van der Waals surface area contributed by atoms with Crippen LogP contribution >= 0.6 is 0 Å². The van der Waals surface area contributed by atoms with E-state index in [0.717, 1.165) is 18.5 Å². The van der Waals surface area contributed by atoms with Gasteiger partial charge in [0.15, 0.2) is 0 Å². The Labute approximate surface area is 112 Å². The SMILES string of the molecule is Cc1nc(=O)n(CC2(C)CC2)c(C)c1C(C)C(=O)O. The monoisotopic (exact) mass is 264 g/mol. The summed E-state index contributed by atoms with van der Waals surface area (Å²) in [6.07, 6.45) is 2.22. The quantitative estimate of drug-likeness (QED) is 0.900. The first kappa shape index (κ1) is 13.8. The Balaban J connectivity index is 2.52. The number of nitrogens with zero attached hydrogens (tertiary/aromatic N) is 2. The van der Waals surface area contributed by atoms with E-state index in [1.54, 1.807) is 18.4 Å². The maximum atomic E-state index is 12.0. The third-order valence-corrected chi connectivity index (χ3v) is 4.13. The second-order valence-electron chi connectivity index (χ2n) is 5.94. The molecule has 5 heteroatoms. The second-order valence-corrected chi connectivity index (χ2v) is 5.94. The zero-order valence-electron chi connectivity index (χ0n) is 11.9. The molecule has 104 valence electrons. The van der Waals surface area contributed by atoms with Gasteiger partial charge in [0.25, 0.3) is 0 Å². The van der Waals surface area contributed by atoms with E-state index in [4.69, 9.17) is 0 Å².